The maximum absolute atomic E-state index is 11.0. The number of aromatic amines is 1. The lowest BCUT2D eigenvalue weighted by Crippen LogP contribution is -2.13. The van der Waals surface area contributed by atoms with Crippen molar-refractivity contribution < 1.29 is 0 Å². The Kier molecular flexibility index (Phi) is 0.945. The van der Waals surface area contributed by atoms with Gasteiger partial charge in [0.05, 0.1) is 5.22 Å². The number of nitrogens with two attached hydrogens (primary N) is 1. The van der Waals surface area contributed by atoms with Crippen LogP contribution in [0.4, 0.5) is 17.5 Å². The number of hydrogen-bond acceptors (Lipinski definition) is 6. The van der Waals surface area contributed by atoms with E-state index in [1.807, 2.05) is 0 Å². The van der Waals surface area contributed by atoms with Crippen molar-refractivity contribution in [2.45, 2.75) is 0 Å². The van der Waals surface area contributed by atoms with Gasteiger partial charge in [-0.15, -0.1) is 0 Å². The third-order valence-corrected chi connectivity index (χ3v) is 1.23. The summed E-state index contributed by atoms with van der Waals surface area (Å²) in [6.07, 6.45) is 0. The highest BCUT2D eigenvalue weighted by Crippen LogP contribution is 2.16. The van der Waals surface area contributed by atoms with Gasteiger partial charge in [-0.05, 0) is 0 Å². The molecule has 2 rings (SSSR count). The Morgan fingerprint density at radius 3 is 3.18 bits per heavy atom. The molecule has 7 nitrogen and oxygen atoms in total. The van der Waals surface area contributed by atoms with Crippen molar-refractivity contribution in [1.29, 1.82) is 0 Å². The Labute approximate surface area is 60.3 Å². The molecule has 1 aromatic heterocycles. The molecule has 1 aliphatic rings. The number of H-pyrrole nitrogens is 1. The highest BCUT2D eigenvalue weighted by Gasteiger charge is 2.23. The summed E-state index contributed by atoms with van der Waals surface area (Å²) >= 11 is 0. The summed E-state index contributed by atoms with van der Waals surface area (Å²) in [4.78, 5) is 17.0. The number of nitrogen functional groups attached to an aromatic ring is 1. The van der Waals surface area contributed by atoms with Crippen LogP contribution in [0.25, 0.3) is 0 Å². The highest BCUT2D eigenvalue weighted by atomic mass is 16.1. The predicted octanol–water partition coefficient (Wildman–Crippen LogP) is -0.888. The molecule has 55 valence electrons. The molecular weight excluding hydrogens is 148 g/mol. The Morgan fingerprint density at radius 2 is 2.36 bits per heavy atom. The molecule has 0 saturated carbocycles. The third-order valence-electron chi connectivity index (χ3n) is 1.23. The lowest BCUT2D eigenvalue weighted by molar-refractivity contribution is 1.06. The fraction of sp³-hybridized carbons (Fsp3) is 0. The Morgan fingerprint density at radius 1 is 1.55 bits per heavy atom. The zero-order valence-corrected chi connectivity index (χ0v) is 5.33. The van der Waals surface area contributed by atoms with Gasteiger partial charge >= 0.3 is 5.82 Å². The maximum Gasteiger partial charge on any atom is 0.372 e. The first-order chi connectivity index (χ1) is 5.27. The van der Waals surface area contributed by atoms with E-state index in [-0.39, 0.29) is 23.0 Å². The van der Waals surface area contributed by atoms with E-state index in [1.165, 1.54) is 0 Å². The first kappa shape index (κ1) is 5.83. The van der Waals surface area contributed by atoms with E-state index in [0.29, 0.717) is 0 Å². The van der Waals surface area contributed by atoms with Gasteiger partial charge in [0.15, 0.2) is 0 Å². The lowest BCUT2D eigenvalue weighted by atomic mass is 10.5. The first-order valence-electron chi connectivity index (χ1n) is 2.84. The van der Waals surface area contributed by atoms with Crippen LogP contribution in [0, 0.1) is 0 Å². The summed E-state index contributed by atoms with van der Waals surface area (Å²) in [7, 11) is 0. The second-order valence-corrected chi connectivity index (χ2v) is 1.96. The zero-order chi connectivity index (χ0) is 7.84. The Bertz CT molecular complexity index is 379. The Hall–Kier alpha value is -1.92. The molecule has 0 saturated heterocycles. The summed E-state index contributed by atoms with van der Waals surface area (Å²) < 4.78 is 0. The van der Waals surface area contributed by atoms with Crippen molar-refractivity contribution in [1.82, 2.24) is 15.1 Å². The number of hydrogen-bond donors (Lipinski definition) is 3. The number of nitrogens with one attached hydrogen (secondary N) is 2. The van der Waals surface area contributed by atoms with Gasteiger partial charge in [-0.2, -0.15) is 5.43 Å². The quantitative estimate of drug-likeness (QED) is 0.447. The van der Waals surface area contributed by atoms with Crippen LogP contribution in [0.2, 0.25) is 0 Å². The number of anilines is 2. The van der Waals surface area contributed by atoms with E-state index in [2.05, 4.69) is 25.7 Å². The molecule has 0 amide bonds. The van der Waals surface area contributed by atoms with Gasteiger partial charge in [-0.1, -0.05) is 4.98 Å². The van der Waals surface area contributed by atoms with Crippen LogP contribution >= 0.6 is 0 Å². The van der Waals surface area contributed by atoms with Crippen molar-refractivity contribution >= 4 is 17.5 Å². The molecule has 0 bridgehead atoms. The molecule has 0 unspecified atom stereocenters. The molecule has 1 radical (unpaired) electrons. The van der Waals surface area contributed by atoms with Gasteiger partial charge in [0.1, 0.15) is 0 Å². The average molecular weight is 152 g/mol. The smallest absolute Gasteiger partial charge is 0.355 e. The van der Waals surface area contributed by atoms with Gasteiger partial charge in [0.2, 0.25) is 0 Å². The topological polar surface area (TPSA) is 110 Å². The number of rotatable bonds is 0. The normalized spacial score (nSPS) is 12.7. The Balaban J connectivity index is 2.76. The summed E-state index contributed by atoms with van der Waals surface area (Å²) in [6.45, 7) is 0. The fourth-order valence-electron chi connectivity index (χ4n) is 0.774. The molecule has 7 heteroatoms. The molecular formula is C4H4N6O+. The largest absolute Gasteiger partial charge is 0.372 e. The van der Waals surface area contributed by atoms with Gasteiger partial charge in [0, 0.05) is 5.11 Å². The van der Waals surface area contributed by atoms with Gasteiger partial charge in [0.25, 0.3) is 17.2 Å². The average Bonchev–Trinajstić information content (AvgIpc) is 2.34. The maximum atomic E-state index is 11.0. The van der Waals surface area contributed by atoms with Crippen LogP contribution in [-0.2, 0) is 0 Å². The number of aromatic nitrogens is 2. The van der Waals surface area contributed by atoms with E-state index in [9.17, 15) is 4.79 Å². The van der Waals surface area contributed by atoms with E-state index >= 15 is 0 Å². The second kappa shape index (κ2) is 1.78. The fourth-order valence-corrected chi connectivity index (χ4v) is 0.774. The molecule has 0 spiro atoms. The van der Waals surface area contributed by atoms with E-state index in [1.54, 1.807) is 0 Å². The zero-order valence-electron chi connectivity index (χ0n) is 5.33. The number of fused-ring (bicyclic) bond motifs is 1. The van der Waals surface area contributed by atoms with Crippen LogP contribution in [0.5, 0.6) is 0 Å². The summed E-state index contributed by atoms with van der Waals surface area (Å²) in [5.41, 5.74) is 7.50. The molecule has 0 aliphatic carbocycles. The van der Waals surface area contributed by atoms with Crippen molar-refractivity contribution in [3.05, 3.63) is 10.4 Å². The van der Waals surface area contributed by atoms with Crippen LogP contribution in [0.3, 0.4) is 0 Å². The van der Waals surface area contributed by atoms with Crippen LogP contribution < -0.4 is 21.8 Å². The molecule has 11 heavy (non-hydrogen) atoms. The molecule has 2 heterocycles. The summed E-state index contributed by atoms with van der Waals surface area (Å²) in [5, 5.41) is 6.91. The molecule has 4 N–H and O–H groups in total. The first-order valence-corrected chi connectivity index (χ1v) is 2.84. The predicted molar refractivity (Wildman–Crippen MR) is 37.1 cm³/mol. The minimum absolute atomic E-state index is 0.0383. The SMILES string of the molecule is Nc1nc2c(c(=O)[nH]1)NN=[N+]2. The van der Waals surface area contributed by atoms with E-state index in [4.69, 9.17) is 5.73 Å². The molecule has 1 aromatic rings. The lowest BCUT2D eigenvalue weighted by Gasteiger charge is -1.86. The van der Waals surface area contributed by atoms with Crippen molar-refractivity contribution in [3.63, 3.8) is 0 Å². The van der Waals surface area contributed by atoms with Gasteiger partial charge in [-0.3, -0.25) is 9.78 Å². The molecule has 1 aliphatic heterocycles. The standard InChI is InChI=1S/C4H4N6O/c5-4-6-2-1(3(11)7-4)8-10-9-2/h(H,8,10)(H3,5,6,7,11)/q+1. The molecule has 0 atom stereocenters. The van der Waals surface area contributed by atoms with E-state index in [0.717, 1.165) is 0 Å². The van der Waals surface area contributed by atoms with E-state index < -0.39 is 0 Å². The van der Waals surface area contributed by atoms with Crippen LogP contribution in [0.1, 0.15) is 0 Å². The molecule has 0 fully saturated rings. The second-order valence-electron chi connectivity index (χ2n) is 1.96. The van der Waals surface area contributed by atoms with Crippen LogP contribution in [0.15, 0.2) is 10.0 Å². The minimum Gasteiger partial charge on any atom is -0.355 e. The highest BCUT2D eigenvalue weighted by molar-refractivity contribution is 5.60. The van der Waals surface area contributed by atoms with Crippen molar-refractivity contribution in [2.75, 3.05) is 11.2 Å². The monoisotopic (exact) mass is 152 g/mol. The summed E-state index contributed by atoms with van der Waals surface area (Å²) in [6, 6.07) is 0. The van der Waals surface area contributed by atoms with Crippen molar-refractivity contribution in [2.24, 2.45) is 5.22 Å². The number of nitrogens with zero attached hydrogens (tertiary/aromatic N) is 3. The summed E-state index contributed by atoms with van der Waals surface area (Å²) in [5.74, 6) is 0.266. The third kappa shape index (κ3) is 0.741. The van der Waals surface area contributed by atoms with Crippen LogP contribution in [-0.4, -0.2) is 9.97 Å². The minimum atomic E-state index is -0.363. The van der Waals surface area contributed by atoms with Gasteiger partial charge in [-0.25, -0.2) is 0 Å². The van der Waals surface area contributed by atoms with Crippen molar-refractivity contribution in [3.8, 4) is 0 Å². The van der Waals surface area contributed by atoms with Gasteiger partial charge < -0.3 is 5.73 Å². The molecule has 0 aromatic carbocycles.